The molecule has 0 radical (unpaired) electrons. The van der Waals surface area contributed by atoms with Gasteiger partial charge in [0.2, 0.25) is 0 Å². The zero-order valence-corrected chi connectivity index (χ0v) is 14.3. The molecular weight excluding hydrogens is 312 g/mol. The summed E-state index contributed by atoms with van der Waals surface area (Å²) >= 11 is 6.25. The number of benzene rings is 1. The van der Waals surface area contributed by atoms with Crippen LogP contribution in [0.4, 0.5) is 5.69 Å². The van der Waals surface area contributed by atoms with Crippen LogP contribution in [0.15, 0.2) is 35.0 Å². The van der Waals surface area contributed by atoms with Crippen LogP contribution in [-0.4, -0.2) is 29.8 Å². The van der Waals surface area contributed by atoms with Gasteiger partial charge < -0.3 is 4.90 Å². The molecule has 1 aromatic carbocycles. The zero-order chi connectivity index (χ0) is 16.6. The normalized spacial score (nSPS) is 19.7. The number of amides is 2. The number of rotatable bonds is 3. The Morgan fingerprint density at radius 1 is 1.13 bits per heavy atom. The second-order valence-corrected chi connectivity index (χ2v) is 6.73. The average Bonchev–Trinajstić information content (AvgIpc) is 2.77. The maximum absolute atomic E-state index is 12.8. The SMILES string of the molecule is Cc1cccc(N2C(=O)C(Cl)=C(N(C)C3CCCCC3)C2=O)c1. The fourth-order valence-electron chi connectivity index (χ4n) is 3.45. The van der Waals surface area contributed by atoms with Gasteiger partial charge in [-0.05, 0) is 37.5 Å². The number of anilines is 1. The van der Waals surface area contributed by atoms with Gasteiger partial charge in [-0.25, -0.2) is 4.90 Å². The first-order valence-corrected chi connectivity index (χ1v) is 8.46. The van der Waals surface area contributed by atoms with Crippen molar-refractivity contribution in [1.82, 2.24) is 4.90 Å². The van der Waals surface area contributed by atoms with Gasteiger partial charge in [0, 0.05) is 13.1 Å². The molecule has 2 aliphatic rings. The number of imide groups is 1. The smallest absolute Gasteiger partial charge is 0.283 e. The van der Waals surface area contributed by atoms with Crippen molar-refractivity contribution in [2.75, 3.05) is 11.9 Å². The molecule has 23 heavy (non-hydrogen) atoms. The summed E-state index contributed by atoms with van der Waals surface area (Å²) < 4.78 is 0. The van der Waals surface area contributed by atoms with Crippen LogP contribution >= 0.6 is 11.6 Å². The highest BCUT2D eigenvalue weighted by molar-refractivity contribution is 6.52. The molecule has 0 bridgehead atoms. The second kappa shape index (κ2) is 6.36. The van der Waals surface area contributed by atoms with Crippen molar-refractivity contribution in [3.05, 3.63) is 40.6 Å². The quantitative estimate of drug-likeness (QED) is 0.794. The molecule has 1 aliphatic carbocycles. The van der Waals surface area contributed by atoms with Crippen LogP contribution in [0, 0.1) is 6.92 Å². The number of carbonyl (C=O) groups excluding carboxylic acids is 2. The van der Waals surface area contributed by atoms with Crippen LogP contribution in [0.1, 0.15) is 37.7 Å². The summed E-state index contributed by atoms with van der Waals surface area (Å²) in [5.74, 6) is -0.751. The summed E-state index contributed by atoms with van der Waals surface area (Å²) in [6.45, 7) is 1.93. The number of halogens is 1. The van der Waals surface area contributed by atoms with Crippen molar-refractivity contribution in [1.29, 1.82) is 0 Å². The van der Waals surface area contributed by atoms with Gasteiger partial charge in [-0.15, -0.1) is 0 Å². The molecule has 1 aromatic rings. The van der Waals surface area contributed by atoms with E-state index >= 15 is 0 Å². The van der Waals surface area contributed by atoms with E-state index in [0.717, 1.165) is 31.2 Å². The first-order chi connectivity index (χ1) is 11.0. The number of aryl methyl sites for hydroxylation is 1. The Morgan fingerprint density at radius 3 is 2.48 bits per heavy atom. The largest absolute Gasteiger partial charge is 0.366 e. The molecular formula is C18H21ClN2O2. The average molecular weight is 333 g/mol. The van der Waals surface area contributed by atoms with Crippen molar-refractivity contribution >= 4 is 29.1 Å². The van der Waals surface area contributed by atoms with E-state index in [2.05, 4.69) is 0 Å². The molecule has 122 valence electrons. The van der Waals surface area contributed by atoms with Gasteiger partial charge in [-0.2, -0.15) is 0 Å². The molecule has 3 rings (SSSR count). The van der Waals surface area contributed by atoms with Crippen molar-refractivity contribution in [3.8, 4) is 0 Å². The molecule has 1 heterocycles. The van der Waals surface area contributed by atoms with Crippen LogP contribution in [0.2, 0.25) is 0 Å². The van der Waals surface area contributed by atoms with E-state index in [0.29, 0.717) is 11.4 Å². The van der Waals surface area contributed by atoms with Crippen molar-refractivity contribution in [2.45, 2.75) is 45.1 Å². The third-order valence-corrected chi connectivity index (χ3v) is 5.08. The molecule has 0 aromatic heterocycles. The van der Waals surface area contributed by atoms with Gasteiger partial charge in [-0.1, -0.05) is 43.0 Å². The maximum Gasteiger partial charge on any atom is 0.283 e. The lowest BCUT2D eigenvalue weighted by Crippen LogP contribution is -2.38. The number of nitrogens with zero attached hydrogens (tertiary/aromatic N) is 2. The molecule has 0 N–H and O–H groups in total. The number of hydrogen-bond donors (Lipinski definition) is 0. The predicted octanol–water partition coefficient (Wildman–Crippen LogP) is 3.58. The van der Waals surface area contributed by atoms with E-state index in [1.165, 1.54) is 11.3 Å². The van der Waals surface area contributed by atoms with Gasteiger partial charge in [0.05, 0.1) is 5.69 Å². The Labute approximate surface area is 141 Å². The predicted molar refractivity (Wildman–Crippen MR) is 91.2 cm³/mol. The molecule has 0 saturated heterocycles. The number of hydrogen-bond acceptors (Lipinski definition) is 3. The van der Waals surface area contributed by atoms with Gasteiger partial charge in [-0.3, -0.25) is 9.59 Å². The van der Waals surface area contributed by atoms with Crippen molar-refractivity contribution < 1.29 is 9.59 Å². The minimum atomic E-state index is -0.431. The highest BCUT2D eigenvalue weighted by Gasteiger charge is 2.41. The lowest BCUT2D eigenvalue weighted by molar-refractivity contribution is -0.121. The summed E-state index contributed by atoms with van der Waals surface area (Å²) in [5, 5.41) is 0.0320. The Bertz CT molecular complexity index is 677. The highest BCUT2D eigenvalue weighted by atomic mass is 35.5. The van der Waals surface area contributed by atoms with E-state index in [1.54, 1.807) is 6.07 Å². The minimum absolute atomic E-state index is 0.0320. The molecule has 1 saturated carbocycles. The molecule has 0 atom stereocenters. The first kappa shape index (κ1) is 16.1. The van der Waals surface area contributed by atoms with E-state index < -0.39 is 5.91 Å². The van der Waals surface area contributed by atoms with E-state index in [-0.39, 0.29) is 17.0 Å². The molecule has 1 aliphatic heterocycles. The molecule has 0 unspecified atom stereocenters. The Hall–Kier alpha value is -1.81. The third kappa shape index (κ3) is 2.88. The van der Waals surface area contributed by atoms with E-state index in [4.69, 9.17) is 11.6 Å². The molecule has 4 nitrogen and oxygen atoms in total. The standard InChI is InChI=1S/C18H21ClN2O2/c1-12-7-6-10-14(11-12)21-17(22)15(19)16(18(21)23)20(2)13-8-4-3-5-9-13/h6-7,10-11,13H,3-5,8-9H2,1-2H3. The molecule has 0 spiro atoms. The molecule has 2 amide bonds. The van der Waals surface area contributed by atoms with Crippen LogP contribution < -0.4 is 4.90 Å². The zero-order valence-electron chi connectivity index (χ0n) is 13.5. The number of carbonyl (C=O) groups is 2. The fourth-order valence-corrected chi connectivity index (χ4v) is 3.75. The van der Waals surface area contributed by atoms with Gasteiger partial charge >= 0.3 is 0 Å². The van der Waals surface area contributed by atoms with Crippen molar-refractivity contribution in [3.63, 3.8) is 0 Å². The summed E-state index contributed by atoms with van der Waals surface area (Å²) in [6.07, 6.45) is 5.62. The van der Waals surface area contributed by atoms with E-state index in [1.807, 2.05) is 37.1 Å². The fraction of sp³-hybridized carbons (Fsp3) is 0.444. The highest BCUT2D eigenvalue weighted by Crippen LogP contribution is 2.34. The van der Waals surface area contributed by atoms with Gasteiger partial charge in [0.25, 0.3) is 11.8 Å². The number of likely N-dealkylation sites (N-methyl/N-ethyl adjacent to an activating group) is 1. The first-order valence-electron chi connectivity index (χ1n) is 8.08. The molecule has 1 fully saturated rings. The van der Waals surface area contributed by atoms with Gasteiger partial charge in [0.1, 0.15) is 10.7 Å². The van der Waals surface area contributed by atoms with Crippen LogP contribution in [0.3, 0.4) is 0 Å². The monoisotopic (exact) mass is 332 g/mol. The maximum atomic E-state index is 12.8. The van der Waals surface area contributed by atoms with Crippen molar-refractivity contribution in [2.24, 2.45) is 0 Å². The Balaban J connectivity index is 1.90. The Morgan fingerprint density at radius 2 is 1.83 bits per heavy atom. The second-order valence-electron chi connectivity index (χ2n) is 6.35. The van der Waals surface area contributed by atoms with Crippen LogP contribution in [0.25, 0.3) is 0 Å². The Kier molecular flexibility index (Phi) is 4.44. The topological polar surface area (TPSA) is 40.6 Å². The van der Waals surface area contributed by atoms with Crippen LogP contribution in [-0.2, 0) is 9.59 Å². The van der Waals surface area contributed by atoms with Gasteiger partial charge in [0.15, 0.2) is 0 Å². The van der Waals surface area contributed by atoms with Crippen LogP contribution in [0.5, 0.6) is 0 Å². The summed E-state index contributed by atoms with van der Waals surface area (Å²) in [4.78, 5) is 28.5. The summed E-state index contributed by atoms with van der Waals surface area (Å²) in [7, 11) is 1.87. The minimum Gasteiger partial charge on any atom is -0.366 e. The lowest BCUT2D eigenvalue weighted by Gasteiger charge is -2.33. The lowest BCUT2D eigenvalue weighted by atomic mass is 9.94. The summed E-state index contributed by atoms with van der Waals surface area (Å²) in [6, 6.07) is 7.63. The third-order valence-electron chi connectivity index (χ3n) is 4.74. The molecule has 5 heteroatoms. The summed E-state index contributed by atoms with van der Waals surface area (Å²) in [5.41, 5.74) is 1.91. The van der Waals surface area contributed by atoms with E-state index in [9.17, 15) is 9.59 Å².